The monoisotopic (exact) mass is 354 g/mol. The number of aryl methyl sites for hydroxylation is 1. The summed E-state index contributed by atoms with van der Waals surface area (Å²) in [6.45, 7) is 2.27. The molecule has 0 unspecified atom stereocenters. The first-order valence-electron chi connectivity index (χ1n) is 9.91. The van der Waals surface area contributed by atoms with Crippen LogP contribution in [0.5, 0.6) is 0 Å². The zero-order chi connectivity index (χ0) is 17.3. The Hall–Kier alpha value is -1.35. The molecular weight excluding hydrogens is 324 g/mol. The van der Waals surface area contributed by atoms with E-state index in [1.54, 1.807) is 0 Å². The summed E-state index contributed by atoms with van der Waals surface area (Å²) in [5.74, 6) is 2.23. The van der Waals surface area contributed by atoms with Gasteiger partial charge in [0.1, 0.15) is 0 Å². The van der Waals surface area contributed by atoms with Gasteiger partial charge in [-0.25, -0.2) is 0 Å². The Balaban J connectivity index is 1.62. The lowest BCUT2D eigenvalue weighted by Crippen LogP contribution is -2.06. The predicted molar refractivity (Wildman–Crippen MR) is 112 cm³/mol. The Morgan fingerprint density at radius 3 is 2.76 bits per heavy atom. The number of aromatic nitrogens is 1. The van der Waals surface area contributed by atoms with Crippen molar-refractivity contribution < 1.29 is 0 Å². The quantitative estimate of drug-likeness (QED) is 0.363. The fraction of sp³-hybridized carbons (Fsp3) is 0.545. The average molecular weight is 355 g/mol. The number of pyridine rings is 1. The van der Waals surface area contributed by atoms with Gasteiger partial charge in [-0.15, -0.1) is 0 Å². The highest BCUT2D eigenvalue weighted by atomic mass is 32.2. The number of hydrogen-bond acceptors (Lipinski definition) is 3. The summed E-state index contributed by atoms with van der Waals surface area (Å²) < 4.78 is 0. The highest BCUT2D eigenvalue weighted by Gasteiger charge is 2.17. The normalized spacial score (nSPS) is 14.3. The van der Waals surface area contributed by atoms with E-state index in [4.69, 9.17) is 9.98 Å². The molecule has 1 aliphatic heterocycles. The van der Waals surface area contributed by atoms with Crippen LogP contribution in [0.15, 0.2) is 29.3 Å². The number of hydrogen-bond donors (Lipinski definition) is 0. The Labute approximate surface area is 156 Å². The number of rotatable bonds is 9. The molecular formula is C22H30N2S. The summed E-state index contributed by atoms with van der Waals surface area (Å²) in [6.07, 6.45) is 13.8. The van der Waals surface area contributed by atoms with Gasteiger partial charge in [-0.05, 0) is 31.1 Å². The van der Waals surface area contributed by atoms with E-state index in [1.165, 1.54) is 73.0 Å². The highest BCUT2D eigenvalue weighted by Crippen LogP contribution is 2.36. The van der Waals surface area contributed by atoms with Crippen molar-refractivity contribution in [2.75, 3.05) is 5.75 Å². The maximum absolute atomic E-state index is 4.92. The third kappa shape index (κ3) is 5.07. The van der Waals surface area contributed by atoms with Gasteiger partial charge in [0.2, 0.25) is 0 Å². The van der Waals surface area contributed by atoms with Gasteiger partial charge in [0.25, 0.3) is 0 Å². The molecule has 0 saturated carbocycles. The van der Waals surface area contributed by atoms with Crippen LogP contribution >= 0.6 is 11.8 Å². The van der Waals surface area contributed by atoms with E-state index in [9.17, 15) is 0 Å². The van der Waals surface area contributed by atoms with Crippen molar-refractivity contribution >= 4 is 34.6 Å². The molecule has 0 fully saturated rings. The van der Waals surface area contributed by atoms with Crippen LogP contribution in [-0.4, -0.2) is 17.0 Å². The Morgan fingerprint density at radius 2 is 1.88 bits per heavy atom. The van der Waals surface area contributed by atoms with Gasteiger partial charge in [-0.2, -0.15) is 11.8 Å². The standard InChI is InChI=1S/C22H30N2S/c1-2-3-4-5-6-7-8-11-15-23-22-18-12-9-10-13-20(18)24-21-14-16-25-17-19(21)22/h9-10,12-13,15H,2-8,11,14,16-17H2,1H3/b23-15-. The number of para-hydroxylation sites is 1. The fourth-order valence-electron chi connectivity index (χ4n) is 3.48. The summed E-state index contributed by atoms with van der Waals surface area (Å²) >= 11 is 2.00. The smallest absolute Gasteiger partial charge is 0.0778 e. The number of nitrogens with zero attached hydrogens (tertiary/aromatic N) is 2. The maximum atomic E-state index is 4.92. The zero-order valence-electron chi connectivity index (χ0n) is 15.5. The molecule has 2 aromatic rings. The van der Waals surface area contributed by atoms with Crippen LogP contribution in [0.3, 0.4) is 0 Å². The minimum atomic E-state index is 1.05. The van der Waals surface area contributed by atoms with Crippen LogP contribution in [0.25, 0.3) is 10.9 Å². The van der Waals surface area contributed by atoms with Crippen LogP contribution < -0.4 is 0 Å². The van der Waals surface area contributed by atoms with E-state index < -0.39 is 0 Å². The van der Waals surface area contributed by atoms with Gasteiger partial charge < -0.3 is 0 Å². The molecule has 2 nitrogen and oxygen atoms in total. The maximum Gasteiger partial charge on any atom is 0.0778 e. The van der Waals surface area contributed by atoms with Crippen molar-refractivity contribution in [2.45, 2.75) is 70.5 Å². The van der Waals surface area contributed by atoms with Crippen LogP contribution in [0.1, 0.15) is 69.5 Å². The summed E-state index contributed by atoms with van der Waals surface area (Å²) in [6, 6.07) is 8.46. The van der Waals surface area contributed by atoms with Crippen molar-refractivity contribution in [2.24, 2.45) is 4.99 Å². The van der Waals surface area contributed by atoms with Crippen molar-refractivity contribution in [3.63, 3.8) is 0 Å². The van der Waals surface area contributed by atoms with Crippen molar-refractivity contribution in [1.82, 2.24) is 4.98 Å². The largest absolute Gasteiger partial charge is 0.260 e. The molecule has 0 bridgehead atoms. The van der Waals surface area contributed by atoms with Crippen LogP contribution in [0.4, 0.5) is 5.69 Å². The topological polar surface area (TPSA) is 25.2 Å². The highest BCUT2D eigenvalue weighted by molar-refractivity contribution is 7.98. The van der Waals surface area contributed by atoms with E-state index in [2.05, 4.69) is 37.4 Å². The minimum Gasteiger partial charge on any atom is -0.260 e. The molecule has 25 heavy (non-hydrogen) atoms. The van der Waals surface area contributed by atoms with E-state index in [-0.39, 0.29) is 0 Å². The minimum absolute atomic E-state index is 1.05. The van der Waals surface area contributed by atoms with Crippen LogP contribution in [0, 0.1) is 0 Å². The van der Waals surface area contributed by atoms with E-state index in [1.807, 2.05) is 11.8 Å². The molecule has 0 spiro atoms. The van der Waals surface area contributed by atoms with Crippen LogP contribution in [-0.2, 0) is 12.2 Å². The lowest BCUT2D eigenvalue weighted by Gasteiger charge is -2.18. The van der Waals surface area contributed by atoms with Gasteiger partial charge >= 0.3 is 0 Å². The molecule has 0 amide bonds. The number of unbranched alkanes of at least 4 members (excludes halogenated alkanes) is 7. The summed E-state index contributed by atoms with van der Waals surface area (Å²) in [7, 11) is 0. The Kier molecular flexibility index (Phi) is 7.35. The fourth-order valence-corrected chi connectivity index (χ4v) is 4.47. The van der Waals surface area contributed by atoms with E-state index >= 15 is 0 Å². The molecule has 1 aromatic heterocycles. The molecule has 0 atom stereocenters. The predicted octanol–water partition coefficient (Wildman–Crippen LogP) is 6.87. The second-order valence-electron chi connectivity index (χ2n) is 6.93. The Bertz CT molecular complexity index is 708. The SMILES string of the molecule is CCCCCCCCC/C=N\c1c2c(nc3ccccc13)CCSC2. The van der Waals surface area contributed by atoms with Crippen molar-refractivity contribution in [1.29, 1.82) is 0 Å². The van der Waals surface area contributed by atoms with Gasteiger partial charge in [0.15, 0.2) is 0 Å². The molecule has 0 saturated heterocycles. The van der Waals surface area contributed by atoms with Gasteiger partial charge in [0, 0.05) is 28.6 Å². The average Bonchev–Trinajstić information content (AvgIpc) is 2.66. The molecule has 0 N–H and O–H groups in total. The summed E-state index contributed by atoms with van der Waals surface area (Å²) in [5.41, 5.74) is 4.90. The lowest BCUT2D eigenvalue weighted by atomic mass is 10.1. The van der Waals surface area contributed by atoms with E-state index in [0.29, 0.717) is 0 Å². The summed E-state index contributed by atoms with van der Waals surface area (Å²) in [4.78, 5) is 9.80. The third-order valence-electron chi connectivity index (χ3n) is 4.94. The third-order valence-corrected chi connectivity index (χ3v) is 5.92. The number of thioether (sulfide) groups is 1. The zero-order valence-corrected chi connectivity index (χ0v) is 16.3. The molecule has 3 rings (SSSR count). The van der Waals surface area contributed by atoms with E-state index in [0.717, 1.165) is 24.1 Å². The lowest BCUT2D eigenvalue weighted by molar-refractivity contribution is 0.596. The molecule has 3 heteroatoms. The number of aliphatic imine (C=N–C) groups is 1. The van der Waals surface area contributed by atoms with Crippen molar-refractivity contribution in [3.8, 4) is 0 Å². The van der Waals surface area contributed by atoms with Gasteiger partial charge in [-0.1, -0.05) is 63.6 Å². The first-order chi connectivity index (χ1) is 12.4. The van der Waals surface area contributed by atoms with Crippen LogP contribution in [0.2, 0.25) is 0 Å². The number of fused-ring (bicyclic) bond motifs is 2. The molecule has 1 aliphatic rings. The molecule has 2 heterocycles. The first-order valence-corrected chi connectivity index (χ1v) is 11.1. The summed E-state index contributed by atoms with van der Waals surface area (Å²) in [5, 5.41) is 1.21. The van der Waals surface area contributed by atoms with Gasteiger partial charge in [0.05, 0.1) is 11.2 Å². The van der Waals surface area contributed by atoms with Gasteiger partial charge in [-0.3, -0.25) is 9.98 Å². The second kappa shape index (κ2) is 9.96. The second-order valence-corrected chi connectivity index (χ2v) is 8.03. The number of benzene rings is 1. The molecule has 134 valence electrons. The molecule has 0 radical (unpaired) electrons. The first kappa shape index (κ1) is 18.4. The molecule has 1 aromatic carbocycles. The molecule has 0 aliphatic carbocycles. The Morgan fingerprint density at radius 1 is 1.08 bits per heavy atom. The van der Waals surface area contributed by atoms with Crippen molar-refractivity contribution in [3.05, 3.63) is 35.5 Å².